The molecule has 0 spiro atoms. The summed E-state index contributed by atoms with van der Waals surface area (Å²) in [5.41, 5.74) is 0. The van der Waals surface area contributed by atoms with Crippen molar-refractivity contribution in [3.8, 4) is 5.75 Å². The highest BCUT2D eigenvalue weighted by Gasteiger charge is 2.39. The maximum atomic E-state index is 13.2. The van der Waals surface area contributed by atoms with Gasteiger partial charge in [-0.25, -0.2) is 17.6 Å². The molecule has 0 unspecified atom stereocenters. The minimum atomic E-state index is -3.22. The number of carbonyl (C=O) groups excluding carboxylic acids is 2. The first-order chi connectivity index (χ1) is 11.7. The van der Waals surface area contributed by atoms with Crippen molar-refractivity contribution in [2.75, 3.05) is 18.6 Å². The molecule has 7 nitrogen and oxygen atoms in total. The zero-order chi connectivity index (χ0) is 18.6. The summed E-state index contributed by atoms with van der Waals surface area (Å²) in [6.45, 7) is 1.83. The Morgan fingerprint density at radius 3 is 2.68 bits per heavy atom. The van der Waals surface area contributed by atoms with Crippen molar-refractivity contribution in [2.24, 2.45) is 0 Å². The van der Waals surface area contributed by atoms with Crippen LogP contribution in [0.1, 0.15) is 19.8 Å². The van der Waals surface area contributed by atoms with Gasteiger partial charge in [0.05, 0.1) is 12.3 Å². The smallest absolute Gasteiger partial charge is 0.324 e. The van der Waals surface area contributed by atoms with Crippen molar-refractivity contribution < 1.29 is 27.1 Å². The van der Waals surface area contributed by atoms with Crippen LogP contribution in [0.5, 0.6) is 5.75 Å². The average molecular weight is 372 g/mol. The monoisotopic (exact) mass is 372 g/mol. The number of benzene rings is 1. The molecule has 9 heteroatoms. The topological polar surface area (TPSA) is 92.8 Å². The number of halogens is 1. The van der Waals surface area contributed by atoms with E-state index < -0.39 is 39.7 Å². The van der Waals surface area contributed by atoms with Crippen molar-refractivity contribution >= 4 is 21.8 Å². The molecule has 1 aromatic carbocycles. The van der Waals surface area contributed by atoms with E-state index in [1.54, 1.807) is 6.07 Å². The van der Waals surface area contributed by atoms with E-state index >= 15 is 0 Å². The molecular formula is C16H21FN2O5S. The van der Waals surface area contributed by atoms with Crippen molar-refractivity contribution in [3.63, 3.8) is 0 Å². The zero-order valence-corrected chi connectivity index (χ0v) is 14.9. The second-order valence-corrected chi connectivity index (χ2v) is 8.23. The summed E-state index contributed by atoms with van der Waals surface area (Å²) in [4.78, 5) is 25.3. The largest absolute Gasteiger partial charge is 0.488 e. The number of amides is 3. The summed E-state index contributed by atoms with van der Waals surface area (Å²) in [5.74, 6) is -0.792. The fraction of sp³-hybridized carbons (Fsp3) is 0.500. The lowest BCUT2D eigenvalue weighted by Gasteiger charge is -2.22. The summed E-state index contributed by atoms with van der Waals surface area (Å²) >= 11 is 0. The third-order valence-electron chi connectivity index (χ3n) is 3.82. The Bertz CT molecular complexity index is 753. The molecule has 2 rings (SSSR count). The Kier molecular flexibility index (Phi) is 5.99. The molecule has 0 saturated carbocycles. The molecule has 0 aromatic heterocycles. The van der Waals surface area contributed by atoms with Crippen molar-refractivity contribution in [1.82, 2.24) is 10.2 Å². The summed E-state index contributed by atoms with van der Waals surface area (Å²) < 4.78 is 41.3. The molecule has 1 aliphatic heterocycles. The van der Waals surface area contributed by atoms with Crippen molar-refractivity contribution in [2.45, 2.75) is 31.9 Å². The highest BCUT2D eigenvalue weighted by Crippen LogP contribution is 2.18. The van der Waals surface area contributed by atoms with Gasteiger partial charge in [0.1, 0.15) is 33.5 Å². The highest BCUT2D eigenvalue weighted by molar-refractivity contribution is 7.90. The predicted octanol–water partition coefficient (Wildman–Crippen LogP) is 1.34. The van der Waals surface area contributed by atoms with E-state index in [0.29, 0.717) is 12.2 Å². The Balaban J connectivity index is 1.99. The van der Waals surface area contributed by atoms with Crippen LogP contribution in [0.4, 0.5) is 9.18 Å². The summed E-state index contributed by atoms with van der Waals surface area (Å²) in [6.07, 6.45) is 1.11. The molecule has 1 aromatic rings. The molecule has 138 valence electrons. The predicted molar refractivity (Wildman–Crippen MR) is 89.5 cm³/mol. The normalized spacial score (nSPS) is 19.0. The van der Waals surface area contributed by atoms with E-state index in [0.717, 1.165) is 11.2 Å². The number of urea groups is 1. The molecule has 3 amide bonds. The zero-order valence-electron chi connectivity index (χ0n) is 14.1. The maximum absolute atomic E-state index is 13.2. The Morgan fingerprint density at radius 2 is 2.08 bits per heavy atom. The lowest BCUT2D eigenvalue weighted by molar-refractivity contribution is -0.128. The summed E-state index contributed by atoms with van der Waals surface area (Å²) in [6, 6.07) is 4.18. The maximum Gasteiger partial charge on any atom is 0.324 e. The first-order valence-electron chi connectivity index (χ1n) is 7.91. The minimum Gasteiger partial charge on any atom is -0.488 e. The van der Waals surface area contributed by atoms with Crippen LogP contribution < -0.4 is 10.1 Å². The average Bonchev–Trinajstić information content (AvgIpc) is 2.79. The van der Waals surface area contributed by atoms with Crippen LogP contribution in [0.15, 0.2) is 24.3 Å². The molecule has 0 aliphatic carbocycles. The van der Waals surface area contributed by atoms with E-state index in [-0.39, 0.29) is 18.7 Å². The second kappa shape index (κ2) is 7.81. The van der Waals surface area contributed by atoms with E-state index in [1.807, 2.05) is 6.92 Å². The van der Waals surface area contributed by atoms with E-state index in [1.165, 1.54) is 18.2 Å². The summed E-state index contributed by atoms with van der Waals surface area (Å²) in [7, 11) is -3.22. The molecular weight excluding hydrogens is 351 g/mol. The van der Waals surface area contributed by atoms with Gasteiger partial charge in [0, 0.05) is 12.3 Å². The van der Waals surface area contributed by atoms with E-state index in [4.69, 9.17) is 4.74 Å². The Hall–Kier alpha value is -2.16. The lowest BCUT2D eigenvalue weighted by atomic mass is 10.2. The molecule has 1 fully saturated rings. The van der Waals surface area contributed by atoms with Gasteiger partial charge in [0.2, 0.25) is 0 Å². The molecule has 0 bridgehead atoms. The Morgan fingerprint density at radius 1 is 1.36 bits per heavy atom. The van der Waals surface area contributed by atoms with Gasteiger partial charge in [-0.15, -0.1) is 0 Å². The molecule has 1 saturated heterocycles. The number of nitrogens with zero attached hydrogens (tertiary/aromatic N) is 1. The summed E-state index contributed by atoms with van der Waals surface area (Å²) in [5, 5.41) is 2.49. The van der Waals surface area contributed by atoms with Crippen LogP contribution in [0.3, 0.4) is 0 Å². The van der Waals surface area contributed by atoms with Crippen LogP contribution in [0.25, 0.3) is 0 Å². The molecule has 1 aliphatic rings. The molecule has 2 atom stereocenters. The number of ether oxygens (including phenoxy) is 1. The number of nitrogens with one attached hydrogen (secondary N) is 1. The SMILES string of the molecule is CC[C@@H](CN1C(=O)N[C@@H](CCS(C)(=O)=O)C1=O)Oc1cccc(F)c1. The quantitative estimate of drug-likeness (QED) is 0.695. The van der Waals surface area contributed by atoms with Crippen molar-refractivity contribution in [1.29, 1.82) is 0 Å². The third-order valence-corrected chi connectivity index (χ3v) is 4.80. The van der Waals surface area contributed by atoms with Gasteiger partial charge in [-0.2, -0.15) is 0 Å². The third kappa shape index (κ3) is 5.42. The molecule has 25 heavy (non-hydrogen) atoms. The first kappa shape index (κ1) is 19.2. The van der Waals surface area contributed by atoms with Gasteiger partial charge in [-0.1, -0.05) is 13.0 Å². The molecule has 1 heterocycles. The molecule has 0 radical (unpaired) electrons. The first-order valence-corrected chi connectivity index (χ1v) is 9.97. The van der Waals surface area contributed by atoms with Crippen LogP contribution >= 0.6 is 0 Å². The number of sulfone groups is 1. The molecule has 1 N–H and O–H groups in total. The fourth-order valence-corrected chi connectivity index (χ4v) is 3.13. The van der Waals surface area contributed by atoms with Gasteiger partial charge >= 0.3 is 6.03 Å². The standard InChI is InChI=1S/C16H21FN2O5S/c1-3-12(24-13-6-4-5-11(17)9-13)10-19-15(20)14(18-16(19)21)7-8-25(2,22)23/h4-6,9,12,14H,3,7-8,10H2,1-2H3,(H,18,21)/t12-,14-/m0/s1. The van der Waals surface area contributed by atoms with E-state index in [2.05, 4.69) is 5.32 Å². The van der Waals surface area contributed by atoms with Crippen molar-refractivity contribution in [3.05, 3.63) is 30.1 Å². The number of rotatable bonds is 8. The lowest BCUT2D eigenvalue weighted by Crippen LogP contribution is -2.40. The highest BCUT2D eigenvalue weighted by atomic mass is 32.2. The van der Waals surface area contributed by atoms with E-state index in [9.17, 15) is 22.4 Å². The van der Waals surface area contributed by atoms with Crippen LogP contribution in [0, 0.1) is 5.82 Å². The minimum absolute atomic E-state index is 0.00700. The Labute approximate surface area is 146 Å². The van der Waals surface area contributed by atoms with Crippen LogP contribution in [0.2, 0.25) is 0 Å². The number of imide groups is 1. The number of carbonyl (C=O) groups is 2. The number of hydrogen-bond donors (Lipinski definition) is 1. The second-order valence-electron chi connectivity index (χ2n) is 5.97. The number of hydrogen-bond acceptors (Lipinski definition) is 5. The van der Waals surface area contributed by atoms with Crippen LogP contribution in [-0.4, -0.2) is 56.0 Å². The van der Waals surface area contributed by atoms with Gasteiger partial charge in [-0.05, 0) is 25.0 Å². The van der Waals surface area contributed by atoms with Gasteiger partial charge < -0.3 is 10.1 Å². The van der Waals surface area contributed by atoms with Gasteiger partial charge in [0.25, 0.3) is 5.91 Å². The van der Waals surface area contributed by atoms with Gasteiger partial charge in [0.15, 0.2) is 0 Å². The van der Waals surface area contributed by atoms with Crippen LogP contribution in [-0.2, 0) is 14.6 Å². The van der Waals surface area contributed by atoms with Gasteiger partial charge in [-0.3, -0.25) is 9.69 Å². The fourth-order valence-electron chi connectivity index (χ4n) is 2.46.